The molecule has 12 aromatic carbocycles. The van der Waals surface area contributed by atoms with Gasteiger partial charge in [-0.25, -0.2) is 37.5 Å². The van der Waals surface area contributed by atoms with Crippen LogP contribution in [0.25, 0.3) is 87.0 Å². The molecule has 2 amide bonds. The van der Waals surface area contributed by atoms with Crippen molar-refractivity contribution in [1.82, 2.24) is 45.6 Å². The van der Waals surface area contributed by atoms with Crippen molar-refractivity contribution in [1.29, 1.82) is 0 Å². The second-order valence-corrected chi connectivity index (χ2v) is 29.8. The highest BCUT2D eigenvalue weighted by atomic mass is 35.5. The van der Waals surface area contributed by atoms with E-state index in [-0.39, 0.29) is 81.0 Å². The molecule has 0 bridgehead atoms. The van der Waals surface area contributed by atoms with Gasteiger partial charge in [-0.2, -0.15) is 10.2 Å². The molecule has 0 fully saturated rings. The highest BCUT2D eigenvalue weighted by Gasteiger charge is 2.32. The zero-order valence-corrected chi connectivity index (χ0v) is 71.7. The zero-order chi connectivity index (χ0) is 92.3. The Labute approximate surface area is 768 Å². The molecule has 0 aliphatic carbocycles. The van der Waals surface area contributed by atoms with Crippen LogP contribution in [0, 0.1) is 36.0 Å². The third kappa shape index (κ3) is 24.4. The van der Waals surface area contributed by atoms with Crippen LogP contribution in [0.15, 0.2) is 363 Å². The summed E-state index contributed by atoms with van der Waals surface area (Å²) in [5.74, 6) is -4.94. The summed E-state index contributed by atoms with van der Waals surface area (Å²) in [6.45, 7) is 3.59. The first kappa shape index (κ1) is 97.4. The number of ether oxygens (including phenoxy) is 1. The van der Waals surface area contributed by atoms with Crippen molar-refractivity contribution in [2.75, 3.05) is 20.8 Å². The number of aromatic amines is 1. The summed E-state index contributed by atoms with van der Waals surface area (Å²) in [6, 6.07) is 89.4. The number of carbonyl (C=O) groups excluding carboxylic acids is 6. The number of hydroxylamine groups is 2. The van der Waals surface area contributed by atoms with Crippen LogP contribution in [0.1, 0.15) is 116 Å². The van der Waals surface area contributed by atoms with E-state index in [1.807, 2.05) is 224 Å². The van der Waals surface area contributed by atoms with Crippen LogP contribution in [0.5, 0.6) is 0 Å². The van der Waals surface area contributed by atoms with Crippen molar-refractivity contribution in [2.45, 2.75) is 59.8 Å². The Hall–Kier alpha value is -16.2. The molecule has 1 aliphatic rings. The number of Topliss-reactive ketones (excluding diaryl/α,β-unsaturated/α-hetero) is 2. The van der Waals surface area contributed by atoms with E-state index in [9.17, 15) is 55.5 Å². The minimum Gasteiger partial charge on any atom is -0.466 e. The van der Waals surface area contributed by atoms with E-state index in [4.69, 9.17) is 21.2 Å². The minimum atomic E-state index is -0.970. The normalized spacial score (nSPS) is 11.8. The first-order valence-corrected chi connectivity index (χ1v) is 41.6. The number of nitrogens with zero attached hydrogens (tertiary/aromatic N) is 8. The fraction of sp³-hybridized carbons (Fsp3) is 0.111. The van der Waals surface area contributed by atoms with Crippen molar-refractivity contribution in [2.24, 2.45) is 5.10 Å². The van der Waals surface area contributed by atoms with Crippen molar-refractivity contribution in [3.8, 4) is 22.4 Å². The zero-order valence-electron chi connectivity index (χ0n) is 71.0. The van der Waals surface area contributed by atoms with Crippen molar-refractivity contribution in [3.05, 3.63) is 443 Å². The lowest BCUT2D eigenvalue weighted by Gasteiger charge is -2.24. The molecule has 2 atom stereocenters. The molecular formula is C108H90ClF5N10O9. The molecule has 133 heavy (non-hydrogen) atoms. The van der Waals surface area contributed by atoms with Crippen LogP contribution in [-0.2, 0) is 25.6 Å². The lowest BCUT2D eigenvalue weighted by atomic mass is 9.85. The first-order valence-electron chi connectivity index (χ1n) is 41.2. The number of aryl methyl sites for hydroxylation is 1. The maximum absolute atomic E-state index is 14.3. The first-order chi connectivity index (χ1) is 63.7. The van der Waals surface area contributed by atoms with Crippen molar-refractivity contribution >= 4 is 117 Å². The largest absolute Gasteiger partial charge is 0.466 e. The predicted octanol–water partition coefficient (Wildman–Crippen LogP) is 23.8. The summed E-state index contributed by atoms with van der Waals surface area (Å²) in [5.41, 5.74) is 9.69. The molecule has 2 N–H and O–H groups in total. The number of benzene rings is 12. The predicted molar refractivity (Wildman–Crippen MR) is 513 cm³/mol. The van der Waals surface area contributed by atoms with Crippen LogP contribution in [0.4, 0.5) is 22.0 Å². The van der Waals surface area contributed by atoms with Crippen molar-refractivity contribution < 1.29 is 60.3 Å². The van der Waals surface area contributed by atoms with Crippen molar-refractivity contribution in [3.63, 3.8) is 0 Å². The Balaban J connectivity index is 0.000000152. The number of aromatic nitrogens is 7. The van der Waals surface area contributed by atoms with Gasteiger partial charge in [0.25, 0.3) is 16.7 Å². The summed E-state index contributed by atoms with van der Waals surface area (Å²) in [7, 11) is 3.08. The van der Waals surface area contributed by atoms with Crippen LogP contribution in [-0.4, -0.2) is 101 Å². The van der Waals surface area contributed by atoms with Gasteiger partial charge in [0, 0.05) is 118 Å². The number of rotatable bonds is 16. The van der Waals surface area contributed by atoms with E-state index in [2.05, 4.69) is 45.6 Å². The number of hydrazone groups is 1. The SMILES string of the molecule is C.C.CCOC(=O)CC(C(=O)c1cccc2ccccc12)c1ccncc1F.CON(C)C(=O)c1cccc2ccccc12.Cc1ccncc1F.O=C(Cc1ccncc1F)c1cccc2ccccc12.O=C(Cl)c1cccc2ccccc12.O=C1CC(c2ccncc2F)C(c2cccc3ccccc23)=NN1.O=c1cc(-c2ccncc2F)c(-c2cccc3ccccc23)n[nH]1. The number of pyridine rings is 5. The lowest BCUT2D eigenvalue weighted by Crippen LogP contribution is -2.32. The molecule has 0 saturated carbocycles. The monoisotopic (exact) mass is 1800 g/mol. The highest BCUT2D eigenvalue weighted by Crippen LogP contribution is 2.37. The molecular weight excluding hydrogens is 1710 g/mol. The molecule has 25 heteroatoms. The van der Waals surface area contributed by atoms with E-state index in [1.165, 1.54) is 61.5 Å². The maximum atomic E-state index is 14.3. The number of esters is 1. The summed E-state index contributed by atoms with van der Waals surface area (Å²) in [6.07, 6.45) is 13.2. The highest BCUT2D eigenvalue weighted by molar-refractivity contribution is 6.68. The lowest BCUT2D eigenvalue weighted by molar-refractivity contribution is -0.143. The number of ketones is 2. The summed E-state index contributed by atoms with van der Waals surface area (Å²) < 4.78 is 73.6. The van der Waals surface area contributed by atoms with Crippen LogP contribution >= 0.6 is 11.6 Å². The molecule has 0 radical (unpaired) electrons. The molecule has 19 nitrogen and oxygen atoms in total. The molecule has 0 saturated heterocycles. The van der Waals surface area contributed by atoms with E-state index in [0.717, 1.165) is 94.4 Å². The van der Waals surface area contributed by atoms with Gasteiger partial charge in [0.2, 0.25) is 5.91 Å². The number of H-pyrrole nitrogens is 1. The summed E-state index contributed by atoms with van der Waals surface area (Å²) in [5, 5.41) is 23.4. The third-order valence-electron chi connectivity index (χ3n) is 21.3. The molecule has 19 rings (SSSR count). The molecule has 7 heterocycles. The molecule has 0 spiro atoms. The molecule has 2 unspecified atom stereocenters. The number of amides is 2. The standard InChI is InChI=1S/C21H18FNO3.C19H14FN3O.C19H12FN3O.C17H12FNO.C13H13NO2.C11H7ClO.C6H6FN.2CH4/c1-2-26-20(24)12-18(16-10-11-23-13-19(16)22)21(25)17-9-5-7-14-6-3-4-8-15(14)17;2*20-17-11-21-9-8-14(17)16-10-18(24)22-23-19(16)15-7-3-5-12-4-1-2-6-13(12)15;18-16-11-19-9-8-13(16)10-17(20)15-7-3-5-12-4-1-2-6-14(12)15;1-14(16-2)13(15)12-9-5-7-10-6-3-4-8-11(10)12;12-11(13)10-7-3-5-8-4-1-2-6-9(8)10;1-5-2-3-8-4-6(5)7;;/h3-11,13,18H,2,12H2,1H3;1-9,11,16H,10H2,(H,22,24);1-11H,(H,22,24);1-9,11H,10H2;3-9H,1-2H3;1-7H;2-4H,1H3;2*1H4. The van der Waals surface area contributed by atoms with Gasteiger partial charge >= 0.3 is 5.97 Å². The smallest absolute Gasteiger partial charge is 0.306 e. The Morgan fingerprint density at radius 2 is 0.887 bits per heavy atom. The van der Waals surface area contributed by atoms with Gasteiger partial charge in [-0.1, -0.05) is 258 Å². The molecule has 6 aromatic heterocycles. The van der Waals surface area contributed by atoms with Crippen LogP contribution in [0.2, 0.25) is 0 Å². The minimum absolute atomic E-state index is 0. The number of hydrogen-bond donors (Lipinski definition) is 2. The quantitative estimate of drug-likeness (QED) is 0.0300. The van der Waals surface area contributed by atoms with Gasteiger partial charge in [0.15, 0.2) is 11.6 Å². The number of hydrogen-bond acceptors (Lipinski definition) is 16. The molecule has 18 aromatic rings. The average Bonchev–Trinajstić information content (AvgIpc) is 0.777. The Kier molecular flexibility index (Phi) is 34.6. The average molecular weight is 1800 g/mol. The maximum Gasteiger partial charge on any atom is 0.306 e. The fourth-order valence-electron chi connectivity index (χ4n) is 14.8. The van der Waals surface area contributed by atoms with Crippen LogP contribution in [0.3, 0.4) is 0 Å². The van der Waals surface area contributed by atoms with Gasteiger partial charge in [-0.05, 0) is 144 Å². The van der Waals surface area contributed by atoms with Gasteiger partial charge < -0.3 is 4.74 Å². The van der Waals surface area contributed by atoms with E-state index < -0.39 is 46.3 Å². The summed E-state index contributed by atoms with van der Waals surface area (Å²) in [4.78, 5) is 108. The fourth-order valence-corrected chi connectivity index (χ4v) is 15.0. The summed E-state index contributed by atoms with van der Waals surface area (Å²) >= 11 is 5.44. The molecule has 1 aliphatic heterocycles. The van der Waals surface area contributed by atoms with E-state index in [0.29, 0.717) is 61.5 Å². The van der Waals surface area contributed by atoms with Gasteiger partial charge in [0.1, 0.15) is 29.1 Å². The molecule has 668 valence electrons. The second kappa shape index (κ2) is 47.2. The van der Waals surface area contributed by atoms with E-state index in [1.54, 1.807) is 81.7 Å². The van der Waals surface area contributed by atoms with Gasteiger partial charge in [-0.3, -0.25) is 63.3 Å². The third-order valence-corrected chi connectivity index (χ3v) is 21.5. The number of halogens is 6. The topological polar surface area (TPSA) is 259 Å². The van der Waals surface area contributed by atoms with Crippen LogP contribution < -0.4 is 11.0 Å². The Morgan fingerprint density at radius 3 is 1.40 bits per heavy atom. The number of fused-ring (bicyclic) bond motifs is 6. The van der Waals surface area contributed by atoms with Gasteiger partial charge in [0.05, 0.1) is 68.4 Å². The number of carbonyl (C=O) groups is 6. The Bertz CT molecular complexity index is 7260. The number of nitrogens with one attached hydrogen (secondary N) is 2. The second-order valence-electron chi connectivity index (χ2n) is 29.5. The Morgan fingerprint density at radius 1 is 0.459 bits per heavy atom. The van der Waals surface area contributed by atoms with E-state index >= 15 is 0 Å². The van der Waals surface area contributed by atoms with Gasteiger partial charge in [-0.15, -0.1) is 0 Å².